The number of rotatable bonds is 5. The number of nitrogens with one attached hydrogen (secondary N) is 1. The molecule has 0 aliphatic heterocycles. The summed E-state index contributed by atoms with van der Waals surface area (Å²) in [5.41, 5.74) is 5.96. The van der Waals surface area contributed by atoms with Crippen LogP contribution in [0, 0.1) is 0 Å². The summed E-state index contributed by atoms with van der Waals surface area (Å²) in [6.45, 7) is 0.524. The molecule has 0 amide bonds. The van der Waals surface area contributed by atoms with Crippen LogP contribution in [0.25, 0.3) is 11.1 Å². The van der Waals surface area contributed by atoms with E-state index in [-0.39, 0.29) is 5.43 Å². The highest BCUT2D eigenvalue weighted by Crippen LogP contribution is 2.29. The summed E-state index contributed by atoms with van der Waals surface area (Å²) < 4.78 is 0. The predicted molar refractivity (Wildman–Crippen MR) is 112 cm³/mol. The Kier molecular flexibility index (Phi) is 4.56. The van der Waals surface area contributed by atoms with Gasteiger partial charge < -0.3 is 10.2 Å². The third-order valence-corrected chi connectivity index (χ3v) is 5.47. The highest BCUT2D eigenvalue weighted by Gasteiger charge is 2.23. The van der Waals surface area contributed by atoms with E-state index in [0.29, 0.717) is 17.8 Å². The molecule has 0 atom stereocenters. The Bertz CT molecular complexity index is 1040. The van der Waals surface area contributed by atoms with Crippen molar-refractivity contribution in [3.63, 3.8) is 0 Å². The maximum Gasteiger partial charge on any atom is 0.250 e. The van der Waals surface area contributed by atoms with E-state index in [1.54, 1.807) is 0 Å². The third-order valence-electron chi connectivity index (χ3n) is 5.47. The zero-order valence-electron chi connectivity index (χ0n) is 15.8. The molecule has 4 nitrogen and oxygen atoms in total. The molecule has 4 rings (SSSR count). The molecule has 0 saturated carbocycles. The summed E-state index contributed by atoms with van der Waals surface area (Å²) in [5, 5.41) is 3.19. The summed E-state index contributed by atoms with van der Waals surface area (Å²) in [4.78, 5) is 26.4. The summed E-state index contributed by atoms with van der Waals surface area (Å²) >= 11 is 0. The average Bonchev–Trinajstić information content (AvgIpc) is 2.70. The maximum absolute atomic E-state index is 12.2. The molecule has 0 saturated heterocycles. The number of aryl methyl sites for hydroxylation is 2. The van der Waals surface area contributed by atoms with Gasteiger partial charge in [-0.2, -0.15) is 0 Å². The fourth-order valence-electron chi connectivity index (χ4n) is 3.83. The monoisotopic (exact) mass is 360 g/mol. The Labute approximate surface area is 159 Å². The van der Waals surface area contributed by atoms with Crippen molar-refractivity contribution >= 4 is 11.4 Å². The van der Waals surface area contributed by atoms with Gasteiger partial charge in [0.2, 0.25) is 10.9 Å². The molecule has 0 unspecified atom stereocenters. The van der Waals surface area contributed by atoms with Crippen LogP contribution in [0.15, 0.2) is 52.1 Å². The second-order valence-corrected chi connectivity index (χ2v) is 7.51. The lowest BCUT2D eigenvalue weighted by atomic mass is 9.88. The summed E-state index contributed by atoms with van der Waals surface area (Å²) in [6, 6.07) is 14.4. The van der Waals surface area contributed by atoms with Crippen molar-refractivity contribution in [2.24, 2.45) is 0 Å². The van der Waals surface area contributed by atoms with Gasteiger partial charge in [0.1, 0.15) is 0 Å². The molecule has 138 valence electrons. The van der Waals surface area contributed by atoms with Crippen LogP contribution >= 0.6 is 0 Å². The average molecular weight is 360 g/mol. The molecule has 3 aromatic rings. The van der Waals surface area contributed by atoms with Crippen LogP contribution in [0.5, 0.6) is 0 Å². The van der Waals surface area contributed by atoms with Crippen molar-refractivity contribution in [2.75, 3.05) is 24.3 Å². The first-order valence-electron chi connectivity index (χ1n) is 9.50. The minimum absolute atomic E-state index is 0.379. The van der Waals surface area contributed by atoms with Crippen molar-refractivity contribution in [3.05, 3.63) is 79.6 Å². The summed E-state index contributed by atoms with van der Waals surface area (Å²) in [6.07, 6.45) is 4.58. The number of nitrogens with zero attached hydrogens (tertiary/aromatic N) is 1. The molecule has 0 heterocycles. The van der Waals surface area contributed by atoms with Crippen LogP contribution in [0.1, 0.15) is 29.5 Å². The first kappa shape index (κ1) is 17.5. The Morgan fingerprint density at radius 1 is 0.889 bits per heavy atom. The molecule has 27 heavy (non-hydrogen) atoms. The van der Waals surface area contributed by atoms with Gasteiger partial charge in [0.25, 0.3) is 0 Å². The standard InChI is InChI=1S/C23H24N2O2/c1-25(2)19-11-7-15(8-12-19)14-24-21-20(22(26)23(21)27)18-10-9-16-5-3-4-6-17(16)13-18/h7-13,24H,3-6,14H2,1-2H3. The molecule has 1 N–H and O–H groups in total. The second-order valence-electron chi connectivity index (χ2n) is 7.51. The highest BCUT2D eigenvalue weighted by atomic mass is 16.2. The van der Waals surface area contributed by atoms with Crippen molar-refractivity contribution < 1.29 is 0 Å². The number of benzene rings is 2. The Morgan fingerprint density at radius 3 is 2.30 bits per heavy atom. The van der Waals surface area contributed by atoms with Crippen LogP contribution < -0.4 is 21.1 Å². The lowest BCUT2D eigenvalue weighted by Gasteiger charge is -2.19. The second kappa shape index (κ2) is 7.03. The minimum Gasteiger partial charge on any atom is -0.378 e. The quantitative estimate of drug-likeness (QED) is 0.708. The van der Waals surface area contributed by atoms with Gasteiger partial charge in [0.15, 0.2) is 0 Å². The van der Waals surface area contributed by atoms with E-state index >= 15 is 0 Å². The van der Waals surface area contributed by atoms with Crippen molar-refractivity contribution in [3.8, 4) is 11.1 Å². The molecule has 4 heteroatoms. The lowest BCUT2D eigenvalue weighted by molar-refractivity contribution is 0.686. The molecule has 1 aliphatic rings. The van der Waals surface area contributed by atoms with Gasteiger partial charge in [-0.25, -0.2) is 0 Å². The van der Waals surface area contributed by atoms with Crippen molar-refractivity contribution in [2.45, 2.75) is 32.2 Å². The van der Waals surface area contributed by atoms with Gasteiger partial charge >= 0.3 is 0 Å². The van der Waals surface area contributed by atoms with E-state index in [9.17, 15) is 9.59 Å². The molecule has 3 aromatic carbocycles. The zero-order chi connectivity index (χ0) is 19.0. The summed E-state index contributed by atoms with van der Waals surface area (Å²) in [5.74, 6) is 0. The normalized spacial score (nSPS) is 13.4. The number of hydrogen-bond donors (Lipinski definition) is 1. The molecule has 0 bridgehead atoms. The SMILES string of the molecule is CN(C)c1ccc(CNc2c(-c3ccc4c(c3)CCCC4)c(=O)c2=O)cc1. The van der Waals surface area contributed by atoms with Gasteiger partial charge in [0.05, 0.1) is 11.3 Å². The van der Waals surface area contributed by atoms with E-state index in [2.05, 4.69) is 17.4 Å². The van der Waals surface area contributed by atoms with E-state index < -0.39 is 5.43 Å². The van der Waals surface area contributed by atoms with Crippen LogP contribution in [0.4, 0.5) is 11.4 Å². The Hall–Kier alpha value is -2.88. The lowest BCUT2D eigenvalue weighted by Crippen LogP contribution is -2.36. The number of anilines is 2. The predicted octanol–water partition coefficient (Wildman–Crippen LogP) is 3.51. The minimum atomic E-state index is -0.410. The fraction of sp³-hybridized carbons (Fsp3) is 0.304. The Balaban J connectivity index is 1.56. The van der Waals surface area contributed by atoms with Crippen molar-refractivity contribution in [1.29, 1.82) is 0 Å². The van der Waals surface area contributed by atoms with Gasteiger partial charge in [-0.15, -0.1) is 0 Å². The first-order chi connectivity index (χ1) is 13.0. The van der Waals surface area contributed by atoms with Gasteiger partial charge in [0, 0.05) is 26.3 Å². The van der Waals surface area contributed by atoms with Crippen molar-refractivity contribution in [1.82, 2.24) is 0 Å². The van der Waals surface area contributed by atoms with E-state index in [4.69, 9.17) is 0 Å². The van der Waals surface area contributed by atoms with Crippen LogP contribution in [0.2, 0.25) is 0 Å². The maximum atomic E-state index is 12.2. The highest BCUT2D eigenvalue weighted by molar-refractivity contribution is 5.82. The zero-order valence-corrected chi connectivity index (χ0v) is 15.8. The van der Waals surface area contributed by atoms with E-state index in [1.165, 1.54) is 24.0 Å². The molecule has 0 radical (unpaired) electrons. The number of hydrogen-bond acceptors (Lipinski definition) is 4. The molecule has 0 spiro atoms. The largest absolute Gasteiger partial charge is 0.378 e. The van der Waals surface area contributed by atoms with E-state index in [0.717, 1.165) is 29.7 Å². The van der Waals surface area contributed by atoms with Gasteiger partial charge in [-0.05, 0) is 60.1 Å². The molecule has 0 aromatic heterocycles. The molecule has 1 aliphatic carbocycles. The van der Waals surface area contributed by atoms with Gasteiger partial charge in [-0.1, -0.05) is 30.3 Å². The first-order valence-corrected chi connectivity index (χ1v) is 9.50. The van der Waals surface area contributed by atoms with E-state index in [1.807, 2.05) is 49.3 Å². The van der Waals surface area contributed by atoms with Crippen LogP contribution in [0.3, 0.4) is 0 Å². The van der Waals surface area contributed by atoms with Crippen LogP contribution in [-0.4, -0.2) is 14.1 Å². The molecule has 0 fully saturated rings. The smallest absolute Gasteiger partial charge is 0.250 e. The van der Waals surface area contributed by atoms with Gasteiger partial charge in [-0.3, -0.25) is 9.59 Å². The fourth-order valence-corrected chi connectivity index (χ4v) is 3.83. The number of fused-ring (bicyclic) bond motifs is 1. The Morgan fingerprint density at radius 2 is 1.59 bits per heavy atom. The topological polar surface area (TPSA) is 49.4 Å². The summed E-state index contributed by atoms with van der Waals surface area (Å²) in [7, 11) is 4.00. The molecular formula is C23H24N2O2. The van der Waals surface area contributed by atoms with Crippen LogP contribution in [-0.2, 0) is 19.4 Å². The molecular weight excluding hydrogens is 336 g/mol. The third kappa shape index (κ3) is 3.27.